The summed E-state index contributed by atoms with van der Waals surface area (Å²) in [4.78, 5) is 28.7. The number of aryl methyl sites for hydroxylation is 2. The normalized spacial score (nSPS) is 11.5. The molecule has 160 valence electrons. The molecule has 0 amide bonds. The van der Waals surface area contributed by atoms with Gasteiger partial charge in [0.1, 0.15) is 0 Å². The monoisotopic (exact) mass is 426 g/mol. The van der Waals surface area contributed by atoms with Gasteiger partial charge in [0.25, 0.3) is 11.2 Å². The summed E-state index contributed by atoms with van der Waals surface area (Å²) >= 11 is 0. The van der Waals surface area contributed by atoms with E-state index in [1.54, 1.807) is 12.1 Å². The maximum absolute atomic E-state index is 13.5. The predicted molar refractivity (Wildman–Crippen MR) is 126 cm³/mol. The summed E-state index contributed by atoms with van der Waals surface area (Å²) in [6.45, 7) is 5.88. The number of aliphatic imine (C=N–C) groups is 1. The number of aromatic nitrogens is 2. The molecule has 1 aromatic heterocycles. The lowest BCUT2D eigenvalue weighted by Gasteiger charge is -2.04. The minimum Gasteiger partial charge on any atom is -0.290 e. The van der Waals surface area contributed by atoms with E-state index in [4.69, 9.17) is 4.99 Å². The van der Waals surface area contributed by atoms with E-state index in [2.05, 4.69) is 5.10 Å². The summed E-state index contributed by atoms with van der Waals surface area (Å²) in [6, 6.07) is 21.3. The Bertz CT molecular complexity index is 1380. The quantitative estimate of drug-likeness (QED) is 0.259. The van der Waals surface area contributed by atoms with E-state index in [-0.39, 0.29) is 11.2 Å². The highest BCUT2D eigenvalue weighted by Crippen LogP contribution is 2.24. The average molecular weight is 426 g/mol. The molecule has 1 heterocycles. The van der Waals surface area contributed by atoms with E-state index in [1.807, 2.05) is 69.3 Å². The van der Waals surface area contributed by atoms with Gasteiger partial charge in [-0.1, -0.05) is 36.4 Å². The number of nitro groups is 1. The van der Waals surface area contributed by atoms with Gasteiger partial charge in [-0.2, -0.15) is 0 Å². The van der Waals surface area contributed by atoms with Gasteiger partial charge in [-0.25, -0.2) is 4.68 Å². The molecule has 0 spiro atoms. The zero-order valence-electron chi connectivity index (χ0n) is 18.0. The maximum Gasteiger partial charge on any atom is 0.280 e. The van der Waals surface area contributed by atoms with Gasteiger partial charge >= 0.3 is 0 Å². The molecule has 0 saturated carbocycles. The zero-order chi connectivity index (χ0) is 22.8. The number of hydrogen-bond donors (Lipinski definition) is 1. The summed E-state index contributed by atoms with van der Waals surface area (Å²) in [5, 5.41) is 14.2. The van der Waals surface area contributed by atoms with Gasteiger partial charge in [0.05, 0.1) is 33.3 Å². The van der Waals surface area contributed by atoms with Crippen molar-refractivity contribution in [2.24, 2.45) is 4.99 Å². The summed E-state index contributed by atoms with van der Waals surface area (Å²) in [5.41, 5.74) is 5.77. The average Bonchev–Trinajstić information content (AvgIpc) is 3.14. The molecular formula is C25H22N4O3. The summed E-state index contributed by atoms with van der Waals surface area (Å²) < 4.78 is 1.39. The minimum atomic E-state index is -0.470. The van der Waals surface area contributed by atoms with Crippen molar-refractivity contribution < 1.29 is 4.92 Å². The molecule has 0 saturated heterocycles. The van der Waals surface area contributed by atoms with Crippen LogP contribution in [0.15, 0.2) is 82.6 Å². The number of hydrogen-bond acceptors (Lipinski definition) is 4. The third-order valence-corrected chi connectivity index (χ3v) is 5.42. The molecule has 1 N–H and O–H groups in total. The summed E-state index contributed by atoms with van der Waals surface area (Å²) in [7, 11) is 0. The molecule has 3 aromatic carbocycles. The van der Waals surface area contributed by atoms with Gasteiger partial charge < -0.3 is 0 Å². The van der Waals surface area contributed by atoms with E-state index >= 15 is 0 Å². The Balaban J connectivity index is 1.88. The molecule has 0 aliphatic heterocycles. The molecule has 0 unspecified atom stereocenters. The van der Waals surface area contributed by atoms with Gasteiger partial charge in [0.2, 0.25) is 0 Å². The first kappa shape index (κ1) is 21.0. The SMILES string of the molecule is CC(=Nc1ccc(C)c(C)c1)c1c(-c2ccccc2)[nH]n(-c2ccc([N+](=O)[O-])cc2)c1=O. The van der Waals surface area contributed by atoms with Crippen LogP contribution in [0.3, 0.4) is 0 Å². The Labute approximate surface area is 184 Å². The van der Waals surface area contributed by atoms with Crippen molar-refractivity contribution in [2.45, 2.75) is 20.8 Å². The van der Waals surface area contributed by atoms with Crippen molar-refractivity contribution in [3.8, 4) is 16.9 Å². The molecule has 0 atom stereocenters. The second-order valence-electron chi connectivity index (χ2n) is 7.61. The smallest absolute Gasteiger partial charge is 0.280 e. The molecule has 7 heteroatoms. The predicted octanol–water partition coefficient (Wildman–Crippen LogP) is 5.50. The number of aromatic amines is 1. The number of nitrogens with zero attached hydrogens (tertiary/aromatic N) is 3. The van der Waals surface area contributed by atoms with Crippen molar-refractivity contribution in [3.63, 3.8) is 0 Å². The van der Waals surface area contributed by atoms with Crippen molar-refractivity contribution in [2.75, 3.05) is 0 Å². The third kappa shape index (κ3) is 4.00. The lowest BCUT2D eigenvalue weighted by Crippen LogP contribution is -2.19. The van der Waals surface area contributed by atoms with Gasteiger partial charge in [0, 0.05) is 17.7 Å². The van der Waals surface area contributed by atoms with Crippen molar-refractivity contribution in [1.29, 1.82) is 0 Å². The molecule has 4 aromatic rings. The lowest BCUT2D eigenvalue weighted by atomic mass is 10.0. The van der Waals surface area contributed by atoms with Crippen LogP contribution in [0.1, 0.15) is 23.6 Å². The van der Waals surface area contributed by atoms with Crippen LogP contribution in [-0.2, 0) is 0 Å². The van der Waals surface area contributed by atoms with E-state index in [9.17, 15) is 14.9 Å². The van der Waals surface area contributed by atoms with Gasteiger partial charge in [-0.05, 0) is 56.2 Å². The number of benzene rings is 3. The van der Waals surface area contributed by atoms with Crippen LogP contribution in [0.4, 0.5) is 11.4 Å². The van der Waals surface area contributed by atoms with Crippen LogP contribution in [0.25, 0.3) is 16.9 Å². The Morgan fingerprint density at radius 2 is 1.66 bits per heavy atom. The summed E-state index contributed by atoms with van der Waals surface area (Å²) in [5.74, 6) is 0. The van der Waals surface area contributed by atoms with Crippen molar-refractivity contribution in [1.82, 2.24) is 9.78 Å². The second kappa shape index (κ2) is 8.47. The Hall–Kier alpha value is -4.26. The van der Waals surface area contributed by atoms with Crippen LogP contribution < -0.4 is 5.56 Å². The fourth-order valence-electron chi connectivity index (χ4n) is 3.54. The van der Waals surface area contributed by atoms with Crippen LogP contribution >= 0.6 is 0 Å². The van der Waals surface area contributed by atoms with Crippen LogP contribution in [0, 0.1) is 24.0 Å². The first-order valence-corrected chi connectivity index (χ1v) is 10.1. The number of nitrogens with one attached hydrogen (secondary N) is 1. The van der Waals surface area contributed by atoms with Crippen molar-refractivity contribution in [3.05, 3.63) is 110 Å². The maximum atomic E-state index is 13.5. The molecule has 7 nitrogen and oxygen atoms in total. The summed E-state index contributed by atoms with van der Waals surface area (Å²) in [6.07, 6.45) is 0. The third-order valence-electron chi connectivity index (χ3n) is 5.42. The fourth-order valence-corrected chi connectivity index (χ4v) is 3.54. The number of nitro benzene ring substituents is 1. The minimum absolute atomic E-state index is 0.0376. The van der Waals surface area contributed by atoms with Gasteiger partial charge in [-0.3, -0.25) is 25.0 Å². The van der Waals surface area contributed by atoms with E-state index in [1.165, 1.54) is 22.4 Å². The number of rotatable bonds is 5. The van der Waals surface area contributed by atoms with E-state index < -0.39 is 4.92 Å². The van der Waals surface area contributed by atoms with Gasteiger partial charge in [0.15, 0.2) is 0 Å². The van der Waals surface area contributed by atoms with E-state index in [0.29, 0.717) is 22.7 Å². The zero-order valence-corrected chi connectivity index (χ0v) is 18.0. The number of H-pyrrole nitrogens is 1. The molecule has 0 bridgehead atoms. The first-order valence-electron chi connectivity index (χ1n) is 10.1. The second-order valence-corrected chi connectivity index (χ2v) is 7.61. The molecule has 0 radical (unpaired) electrons. The number of non-ortho nitro benzene ring substituents is 1. The topological polar surface area (TPSA) is 93.3 Å². The Morgan fingerprint density at radius 1 is 0.969 bits per heavy atom. The molecule has 32 heavy (non-hydrogen) atoms. The van der Waals surface area contributed by atoms with Crippen LogP contribution in [0.5, 0.6) is 0 Å². The standard InChI is InChI=1S/C25H22N4O3/c1-16-9-10-20(15-17(16)2)26-18(3)23-24(19-7-5-4-6-8-19)27-28(25(23)30)21-11-13-22(14-12-21)29(31)32/h4-15,27H,1-3H3. The van der Waals surface area contributed by atoms with Gasteiger partial charge in [-0.15, -0.1) is 0 Å². The molecule has 0 fully saturated rings. The largest absolute Gasteiger partial charge is 0.290 e. The van der Waals surface area contributed by atoms with Crippen LogP contribution in [0.2, 0.25) is 0 Å². The van der Waals surface area contributed by atoms with Crippen molar-refractivity contribution >= 4 is 17.1 Å². The molecule has 0 aliphatic carbocycles. The highest BCUT2D eigenvalue weighted by molar-refractivity contribution is 6.04. The molecule has 0 aliphatic rings. The molecular weight excluding hydrogens is 404 g/mol. The lowest BCUT2D eigenvalue weighted by molar-refractivity contribution is -0.384. The van der Waals surface area contributed by atoms with E-state index in [0.717, 1.165) is 16.8 Å². The Morgan fingerprint density at radius 3 is 2.28 bits per heavy atom. The fraction of sp³-hybridized carbons (Fsp3) is 0.120. The van der Waals surface area contributed by atoms with Crippen LogP contribution in [-0.4, -0.2) is 20.4 Å². The highest BCUT2D eigenvalue weighted by Gasteiger charge is 2.20. The highest BCUT2D eigenvalue weighted by atomic mass is 16.6. The first-order chi connectivity index (χ1) is 15.3. The Kier molecular flexibility index (Phi) is 5.55. The molecule has 4 rings (SSSR count).